The Labute approximate surface area is 81.1 Å². The molecule has 0 bridgehead atoms. The quantitative estimate of drug-likeness (QED) is 0.470. The highest BCUT2D eigenvalue weighted by molar-refractivity contribution is 5.66. The van der Waals surface area contributed by atoms with Crippen molar-refractivity contribution in [3.8, 4) is 0 Å². The molecule has 1 unspecified atom stereocenters. The van der Waals surface area contributed by atoms with Crippen molar-refractivity contribution < 1.29 is 29.6 Å². The monoisotopic (exact) mass is 206 g/mol. The normalized spacial score (nSPS) is 38.0. The number of ether oxygens (including phenoxy) is 2. The molecule has 0 amide bonds. The topological polar surface area (TPSA) is 96.2 Å². The highest BCUT2D eigenvalue weighted by atomic mass is 16.6. The Hall–Kier alpha value is -0.690. The predicted octanol–water partition coefficient (Wildman–Crippen LogP) is -1.62. The van der Waals surface area contributed by atoms with Crippen LogP contribution >= 0.6 is 0 Å². The van der Waals surface area contributed by atoms with Gasteiger partial charge in [-0.2, -0.15) is 0 Å². The Balaban J connectivity index is 2.63. The molecule has 0 aliphatic carbocycles. The van der Waals surface area contributed by atoms with Crippen LogP contribution in [0.15, 0.2) is 0 Å². The van der Waals surface area contributed by atoms with Gasteiger partial charge >= 0.3 is 5.97 Å². The van der Waals surface area contributed by atoms with Crippen LogP contribution in [0.3, 0.4) is 0 Å². The van der Waals surface area contributed by atoms with E-state index in [0.29, 0.717) is 0 Å². The first-order chi connectivity index (χ1) is 6.54. The van der Waals surface area contributed by atoms with E-state index in [-0.39, 0.29) is 6.42 Å². The van der Waals surface area contributed by atoms with E-state index >= 15 is 0 Å². The van der Waals surface area contributed by atoms with Crippen LogP contribution in [0.5, 0.6) is 0 Å². The van der Waals surface area contributed by atoms with Crippen LogP contribution in [0.4, 0.5) is 0 Å². The van der Waals surface area contributed by atoms with Crippen molar-refractivity contribution in [1.29, 1.82) is 0 Å². The number of carbonyl (C=O) groups is 1. The Bertz CT molecular complexity index is 206. The smallest absolute Gasteiger partial charge is 0.303 e. The first-order valence-corrected chi connectivity index (χ1v) is 4.34. The van der Waals surface area contributed by atoms with Gasteiger partial charge < -0.3 is 24.8 Å². The van der Waals surface area contributed by atoms with Crippen LogP contribution in [-0.4, -0.2) is 52.5 Å². The fourth-order valence-electron chi connectivity index (χ4n) is 1.42. The van der Waals surface area contributed by atoms with E-state index in [4.69, 9.17) is 19.7 Å². The Kier molecular flexibility index (Phi) is 3.82. The first-order valence-electron chi connectivity index (χ1n) is 4.34. The third-order valence-electron chi connectivity index (χ3n) is 2.00. The van der Waals surface area contributed by atoms with E-state index in [0.717, 1.165) is 0 Å². The zero-order valence-corrected chi connectivity index (χ0v) is 7.79. The van der Waals surface area contributed by atoms with Crippen molar-refractivity contribution >= 4 is 5.97 Å². The summed E-state index contributed by atoms with van der Waals surface area (Å²) in [4.78, 5) is 10.7. The summed E-state index contributed by atoms with van der Waals surface area (Å²) in [5.74, 6) is -0.563. The second kappa shape index (κ2) is 4.70. The van der Waals surface area contributed by atoms with Crippen LogP contribution in [0.25, 0.3) is 0 Å². The molecular weight excluding hydrogens is 192 g/mol. The summed E-state index contributed by atoms with van der Waals surface area (Å²) in [6.45, 7) is 0.776. The lowest BCUT2D eigenvalue weighted by Gasteiger charge is -2.36. The molecule has 0 spiro atoms. The number of aliphatic hydroxyl groups is 3. The Morgan fingerprint density at radius 2 is 2.21 bits per heavy atom. The largest absolute Gasteiger partial charge is 0.457 e. The van der Waals surface area contributed by atoms with Crippen molar-refractivity contribution in [1.82, 2.24) is 0 Å². The molecule has 6 nitrogen and oxygen atoms in total. The van der Waals surface area contributed by atoms with Crippen LogP contribution in [-0.2, 0) is 14.3 Å². The van der Waals surface area contributed by atoms with Gasteiger partial charge in [0.15, 0.2) is 12.4 Å². The second-order valence-electron chi connectivity index (χ2n) is 3.19. The zero-order valence-electron chi connectivity index (χ0n) is 7.79. The van der Waals surface area contributed by atoms with Crippen molar-refractivity contribution in [2.75, 3.05) is 6.61 Å². The molecule has 4 atom stereocenters. The molecular formula is C8H14O6. The Morgan fingerprint density at radius 1 is 1.57 bits per heavy atom. The number of hydrogen-bond donors (Lipinski definition) is 3. The first kappa shape index (κ1) is 11.4. The number of esters is 1. The van der Waals surface area contributed by atoms with Crippen molar-refractivity contribution in [2.24, 2.45) is 0 Å². The predicted molar refractivity (Wildman–Crippen MR) is 44.1 cm³/mol. The summed E-state index contributed by atoms with van der Waals surface area (Å²) in [7, 11) is 0. The second-order valence-corrected chi connectivity index (χ2v) is 3.19. The summed E-state index contributed by atoms with van der Waals surface area (Å²) < 4.78 is 9.66. The molecule has 0 saturated carbocycles. The number of carbonyl (C=O) groups excluding carboxylic acids is 1. The molecule has 3 N–H and O–H groups in total. The highest BCUT2D eigenvalue weighted by Crippen LogP contribution is 2.21. The number of aliphatic hydroxyl groups excluding tert-OH is 3. The molecule has 1 rings (SSSR count). The van der Waals surface area contributed by atoms with Crippen LogP contribution < -0.4 is 0 Å². The lowest BCUT2D eigenvalue weighted by atomic mass is 10.0. The van der Waals surface area contributed by atoms with Gasteiger partial charge in [0.25, 0.3) is 0 Å². The fraction of sp³-hybridized carbons (Fsp3) is 0.875. The molecule has 0 aromatic rings. The molecule has 1 aliphatic rings. The fourth-order valence-corrected chi connectivity index (χ4v) is 1.42. The summed E-state index contributed by atoms with van der Waals surface area (Å²) in [6, 6.07) is 0. The average Bonchev–Trinajstić information content (AvgIpc) is 2.08. The highest BCUT2D eigenvalue weighted by Gasteiger charge is 2.39. The van der Waals surface area contributed by atoms with E-state index < -0.39 is 37.2 Å². The maximum Gasteiger partial charge on any atom is 0.303 e. The van der Waals surface area contributed by atoms with E-state index in [1.165, 1.54) is 6.92 Å². The molecule has 1 aliphatic heterocycles. The SMILES string of the molecule is CC(=O)O[C@H]1[C@H](O)CC(O)O[C@@H]1CO. The van der Waals surface area contributed by atoms with Crippen molar-refractivity contribution in [2.45, 2.75) is 37.9 Å². The maximum atomic E-state index is 10.7. The summed E-state index contributed by atoms with van der Waals surface area (Å²) >= 11 is 0. The molecule has 1 heterocycles. The molecule has 1 saturated heterocycles. The van der Waals surface area contributed by atoms with E-state index in [1.54, 1.807) is 0 Å². The number of hydrogen-bond acceptors (Lipinski definition) is 6. The van der Waals surface area contributed by atoms with Crippen LogP contribution in [0.2, 0.25) is 0 Å². The van der Waals surface area contributed by atoms with Gasteiger partial charge in [0.05, 0.1) is 12.7 Å². The summed E-state index contributed by atoms with van der Waals surface area (Å²) in [5, 5.41) is 27.4. The Morgan fingerprint density at radius 3 is 2.71 bits per heavy atom. The maximum absolute atomic E-state index is 10.7. The lowest BCUT2D eigenvalue weighted by molar-refractivity contribution is -0.246. The number of rotatable bonds is 2. The van der Waals surface area contributed by atoms with E-state index in [1.807, 2.05) is 0 Å². The van der Waals surface area contributed by atoms with E-state index in [2.05, 4.69) is 0 Å². The molecule has 6 heteroatoms. The van der Waals surface area contributed by atoms with Gasteiger partial charge in [0.2, 0.25) is 0 Å². The van der Waals surface area contributed by atoms with Crippen molar-refractivity contribution in [3.63, 3.8) is 0 Å². The third kappa shape index (κ3) is 2.65. The minimum absolute atomic E-state index is 0.0333. The lowest BCUT2D eigenvalue weighted by Crippen LogP contribution is -2.51. The van der Waals surface area contributed by atoms with Gasteiger partial charge in [-0.05, 0) is 0 Å². The molecule has 1 fully saturated rings. The third-order valence-corrected chi connectivity index (χ3v) is 2.00. The molecule has 0 aromatic heterocycles. The van der Waals surface area contributed by atoms with Crippen LogP contribution in [0.1, 0.15) is 13.3 Å². The molecule has 0 radical (unpaired) electrons. The standard InChI is InChI=1S/C8H14O6/c1-4(10)13-8-5(11)2-7(12)14-6(8)3-9/h5-9,11-12H,2-3H2,1H3/t5-,6-,7?,8+/m1/s1. The minimum atomic E-state index is -1.13. The van der Waals surface area contributed by atoms with Gasteiger partial charge in [0.1, 0.15) is 6.10 Å². The summed E-state index contributed by atoms with van der Waals surface area (Å²) in [6.07, 6.45) is -3.97. The van der Waals surface area contributed by atoms with Gasteiger partial charge in [-0.15, -0.1) is 0 Å². The van der Waals surface area contributed by atoms with Gasteiger partial charge in [-0.1, -0.05) is 0 Å². The molecule has 0 aromatic carbocycles. The zero-order chi connectivity index (χ0) is 10.7. The van der Waals surface area contributed by atoms with E-state index in [9.17, 15) is 9.90 Å². The average molecular weight is 206 g/mol. The molecule has 82 valence electrons. The molecule has 14 heavy (non-hydrogen) atoms. The minimum Gasteiger partial charge on any atom is -0.457 e. The van der Waals surface area contributed by atoms with Gasteiger partial charge in [-0.25, -0.2) is 0 Å². The van der Waals surface area contributed by atoms with Crippen molar-refractivity contribution in [3.05, 3.63) is 0 Å². The summed E-state index contributed by atoms with van der Waals surface area (Å²) in [5.41, 5.74) is 0. The van der Waals surface area contributed by atoms with Gasteiger partial charge in [0, 0.05) is 13.3 Å². The van der Waals surface area contributed by atoms with Gasteiger partial charge in [-0.3, -0.25) is 4.79 Å². The van der Waals surface area contributed by atoms with Crippen LogP contribution in [0, 0.1) is 0 Å².